The van der Waals surface area contributed by atoms with Gasteiger partial charge in [-0.1, -0.05) is 29.5 Å². The fourth-order valence-electron chi connectivity index (χ4n) is 9.01. The van der Waals surface area contributed by atoms with Gasteiger partial charge < -0.3 is 82.1 Å². The molecule has 4 atom stereocenters. The molecule has 0 aliphatic carbocycles. The summed E-state index contributed by atoms with van der Waals surface area (Å²) in [6, 6.07) is 9.03. The number of anilines is 2. The molecule has 2 saturated heterocycles. The van der Waals surface area contributed by atoms with Crippen LogP contribution in [0, 0.1) is 5.92 Å². The predicted molar refractivity (Wildman–Crippen MR) is 296 cm³/mol. The molecule has 6 rings (SSSR count). The summed E-state index contributed by atoms with van der Waals surface area (Å²) in [6.07, 6.45) is -0.0615. The Hall–Kier alpha value is -10.4. The van der Waals surface area contributed by atoms with Crippen molar-refractivity contribution in [3.63, 3.8) is 0 Å². The smallest absolute Gasteiger partial charge is 0.326 e. The van der Waals surface area contributed by atoms with Crippen molar-refractivity contribution in [3.05, 3.63) is 101 Å². The third-order valence-electron chi connectivity index (χ3n) is 13.8. The standard InChI is InChI=1S/C54H64FN13O18/c55-15-1-2-38-30-68(63-62-38)39-27-34(45(73)64-16-20-66(21-17-64)53(85)57-36-8-3-31(4-9-36)24-41(49(79)80)60-51(83)56-29-33(47(75)76)7-13-43(69)70)26-35(28-39)46(74)65-18-22-67(23-19-65)54(86)58-37-10-5-32(6-11-37)25-42(50(81)82)61-52(84)59-40(48(77)78)12-14-44(71)72/h3-6,8-11,26-28,30,33,40-42H,1-2,7,12-25,29H2,(H,57,85)(H,58,86)(H,69,70)(H,71,72)(H,75,76)(H,77,78)(H,79,80)(H,81,82)(H2,56,60,83)(H2,59,61,84)/t33?,40?,41-,42?/m0/s1. The first-order valence-corrected chi connectivity index (χ1v) is 26.9. The van der Waals surface area contributed by atoms with Crippen LogP contribution in [-0.4, -0.2) is 221 Å². The lowest BCUT2D eigenvalue weighted by atomic mass is 10.0. The Morgan fingerprint density at radius 3 is 1.38 bits per heavy atom. The Morgan fingerprint density at radius 2 is 0.953 bits per heavy atom. The third kappa shape index (κ3) is 19.3. The molecule has 0 bridgehead atoms. The van der Waals surface area contributed by atoms with Crippen LogP contribution < -0.4 is 31.9 Å². The van der Waals surface area contributed by atoms with Gasteiger partial charge >= 0.3 is 59.9 Å². The Bertz CT molecular complexity index is 3150. The van der Waals surface area contributed by atoms with E-state index in [1.54, 1.807) is 6.20 Å². The van der Waals surface area contributed by atoms with Gasteiger partial charge in [-0.05, 0) is 79.3 Å². The topological polar surface area (TPSA) is 442 Å². The molecule has 3 heterocycles. The van der Waals surface area contributed by atoms with Crippen molar-refractivity contribution in [2.45, 2.75) is 69.5 Å². The minimum absolute atomic E-state index is 0.0935. The van der Waals surface area contributed by atoms with E-state index in [0.717, 1.165) is 0 Å². The van der Waals surface area contributed by atoms with Gasteiger partial charge in [0.25, 0.3) is 11.8 Å². The summed E-state index contributed by atoms with van der Waals surface area (Å²) in [5, 5.41) is 78.4. The Morgan fingerprint density at radius 1 is 0.523 bits per heavy atom. The minimum atomic E-state index is -1.58. The van der Waals surface area contributed by atoms with E-state index >= 15 is 0 Å². The molecule has 0 spiro atoms. The highest BCUT2D eigenvalue weighted by atomic mass is 19.1. The monoisotopic (exact) mass is 1200 g/mol. The average molecular weight is 1200 g/mol. The lowest BCUT2D eigenvalue weighted by Gasteiger charge is -2.35. The molecule has 3 unspecified atom stereocenters. The number of alkyl halides is 1. The Labute approximate surface area is 488 Å². The number of amides is 10. The highest BCUT2D eigenvalue weighted by molar-refractivity contribution is 6.01. The van der Waals surface area contributed by atoms with Crippen LogP contribution in [0.4, 0.5) is 34.9 Å². The lowest BCUT2D eigenvalue weighted by Crippen LogP contribution is -2.52. The number of hydrogen-bond acceptors (Lipinski definition) is 14. The van der Waals surface area contributed by atoms with Gasteiger partial charge in [-0.15, -0.1) is 5.10 Å². The molecule has 86 heavy (non-hydrogen) atoms. The van der Waals surface area contributed by atoms with E-state index in [2.05, 4.69) is 42.2 Å². The number of nitrogens with one attached hydrogen (secondary N) is 6. The zero-order valence-electron chi connectivity index (χ0n) is 46.1. The van der Waals surface area contributed by atoms with E-state index in [1.165, 1.54) is 91.0 Å². The maximum atomic E-state index is 14.2. The van der Waals surface area contributed by atoms with Crippen LogP contribution in [0.1, 0.15) is 69.6 Å². The summed E-state index contributed by atoms with van der Waals surface area (Å²) >= 11 is 0. The van der Waals surface area contributed by atoms with Crippen LogP contribution >= 0.6 is 0 Å². The quantitative estimate of drug-likeness (QED) is 0.0403. The molecule has 0 saturated carbocycles. The SMILES string of the molecule is O=C(O)CCC(CNC(=O)N[C@@H](Cc1ccc(NC(=O)N2CCN(C(=O)c3cc(C(=O)N4CCN(C(=O)Nc5ccc(CC(NC(=O)NC(CCC(=O)O)C(=O)O)C(=O)O)cc5)CC4)cc(-n4cc(CCCF)nn4)c3)CC2)cc1)C(=O)O)C(=O)O. The van der Waals surface area contributed by atoms with Gasteiger partial charge in [-0.25, -0.2) is 38.2 Å². The first-order chi connectivity index (χ1) is 41.0. The van der Waals surface area contributed by atoms with Gasteiger partial charge in [0.15, 0.2) is 0 Å². The number of aliphatic carboxylic acids is 6. The highest BCUT2D eigenvalue weighted by Gasteiger charge is 2.31. The number of carbonyl (C=O) groups is 12. The lowest BCUT2D eigenvalue weighted by molar-refractivity contribution is -0.143. The second-order valence-electron chi connectivity index (χ2n) is 20.0. The summed E-state index contributed by atoms with van der Waals surface area (Å²) in [4.78, 5) is 155. The van der Waals surface area contributed by atoms with Crippen molar-refractivity contribution in [3.8, 4) is 5.69 Å². The van der Waals surface area contributed by atoms with Crippen LogP contribution in [-0.2, 0) is 48.0 Å². The maximum absolute atomic E-state index is 14.2. The molecule has 2 aliphatic heterocycles. The van der Waals surface area contributed by atoms with Crippen LogP contribution in [0.25, 0.3) is 5.69 Å². The molecule has 3 aromatic carbocycles. The number of hydrogen-bond donors (Lipinski definition) is 12. The molecule has 0 radical (unpaired) electrons. The number of halogens is 1. The molecular formula is C54H64FN13O18. The normalized spacial score (nSPS) is 14.5. The summed E-state index contributed by atoms with van der Waals surface area (Å²) in [5.41, 5.74) is 2.59. The molecule has 4 aromatic rings. The van der Waals surface area contributed by atoms with Crippen LogP contribution in [0.3, 0.4) is 0 Å². The molecule has 32 heteroatoms. The van der Waals surface area contributed by atoms with Gasteiger partial charge in [0.2, 0.25) is 0 Å². The highest BCUT2D eigenvalue weighted by Crippen LogP contribution is 2.22. The van der Waals surface area contributed by atoms with Crippen LogP contribution in [0.15, 0.2) is 72.9 Å². The van der Waals surface area contributed by atoms with Crippen LogP contribution in [0.2, 0.25) is 0 Å². The number of urea groups is 4. The first-order valence-electron chi connectivity index (χ1n) is 26.9. The Kier molecular flexibility index (Phi) is 23.1. The third-order valence-corrected chi connectivity index (χ3v) is 13.8. The Balaban J connectivity index is 1.02. The number of nitrogens with zero attached hydrogens (tertiary/aromatic N) is 7. The van der Waals surface area contributed by atoms with Gasteiger partial charge in [-0.2, -0.15) is 0 Å². The summed E-state index contributed by atoms with van der Waals surface area (Å²) in [5.74, 6) is -10.3. The number of benzene rings is 3. The zero-order valence-corrected chi connectivity index (χ0v) is 46.1. The van der Waals surface area contributed by atoms with Gasteiger partial charge in [0.05, 0.1) is 30.2 Å². The largest absolute Gasteiger partial charge is 0.481 e. The summed E-state index contributed by atoms with van der Waals surface area (Å²) < 4.78 is 14.4. The van der Waals surface area contributed by atoms with Crippen molar-refractivity contribution in [1.82, 2.24) is 55.9 Å². The maximum Gasteiger partial charge on any atom is 0.326 e. The second-order valence-corrected chi connectivity index (χ2v) is 20.0. The number of carboxylic acid groups (broad SMARTS) is 6. The molecule has 12 N–H and O–H groups in total. The van der Waals surface area contributed by atoms with E-state index in [4.69, 9.17) is 10.2 Å². The number of piperazine rings is 2. The van der Waals surface area contributed by atoms with Crippen molar-refractivity contribution < 1.29 is 92.6 Å². The molecule has 2 fully saturated rings. The number of rotatable bonds is 27. The van der Waals surface area contributed by atoms with Crippen molar-refractivity contribution in [2.24, 2.45) is 5.92 Å². The van der Waals surface area contributed by atoms with Gasteiger partial charge in [0.1, 0.15) is 18.1 Å². The first kappa shape index (κ1) is 64.7. The number of aromatic nitrogens is 3. The van der Waals surface area contributed by atoms with Crippen molar-refractivity contribution in [2.75, 3.05) is 76.2 Å². The molecule has 1 aromatic heterocycles. The molecule has 31 nitrogen and oxygen atoms in total. The number of carbonyl (C=O) groups excluding carboxylic acids is 6. The fraction of sp³-hybridized carbons (Fsp3) is 0.407. The van der Waals surface area contributed by atoms with E-state index in [9.17, 15) is 82.4 Å². The number of carboxylic acids is 6. The van der Waals surface area contributed by atoms with Crippen molar-refractivity contribution >= 4 is 83.1 Å². The molecule has 2 aliphatic rings. The number of aryl methyl sites for hydroxylation is 1. The van der Waals surface area contributed by atoms with Gasteiger partial charge in [0, 0.05) is 107 Å². The summed E-state index contributed by atoms with van der Waals surface area (Å²) in [6.45, 7) is -0.205. The zero-order chi connectivity index (χ0) is 62.6. The van der Waals surface area contributed by atoms with E-state index in [-0.39, 0.29) is 95.6 Å². The molecular weight excluding hydrogens is 1140 g/mol. The van der Waals surface area contributed by atoms with E-state index in [1.807, 2.05) is 0 Å². The second kappa shape index (κ2) is 30.7. The van der Waals surface area contributed by atoms with E-state index < -0.39 is 128 Å². The van der Waals surface area contributed by atoms with Crippen molar-refractivity contribution in [1.29, 1.82) is 0 Å². The predicted octanol–water partition coefficient (Wildman–Crippen LogP) is 1.62. The molecule has 10 amide bonds. The summed E-state index contributed by atoms with van der Waals surface area (Å²) in [7, 11) is 0. The minimum Gasteiger partial charge on any atom is -0.481 e. The average Bonchev–Trinajstić information content (AvgIpc) is 2.82. The fourth-order valence-corrected chi connectivity index (χ4v) is 9.01. The van der Waals surface area contributed by atoms with E-state index in [0.29, 0.717) is 33.9 Å². The molecule has 460 valence electrons. The van der Waals surface area contributed by atoms with Crippen LogP contribution in [0.5, 0.6) is 0 Å². The van der Waals surface area contributed by atoms with Gasteiger partial charge in [-0.3, -0.25) is 28.4 Å².